The summed E-state index contributed by atoms with van der Waals surface area (Å²) in [6, 6.07) is 3.99. The number of aliphatic hydroxyl groups excluding tert-OH is 1. The first-order valence-corrected chi connectivity index (χ1v) is 6.44. The third-order valence-corrected chi connectivity index (χ3v) is 4.12. The Morgan fingerprint density at radius 1 is 1.40 bits per heavy atom. The fourth-order valence-corrected chi connectivity index (χ4v) is 3.06. The summed E-state index contributed by atoms with van der Waals surface area (Å²) < 4.78 is 0. The number of nitrogens with zero attached hydrogens (tertiary/aromatic N) is 1. The Labute approximate surface area is 95.1 Å². The molecule has 2 rings (SSSR count). The molecule has 2 nitrogen and oxygen atoms in total. The first kappa shape index (κ1) is 11.0. The molecule has 1 aliphatic rings. The summed E-state index contributed by atoms with van der Waals surface area (Å²) in [4.78, 5) is 4.37. The van der Waals surface area contributed by atoms with E-state index < -0.39 is 6.10 Å². The monoisotopic (exact) mass is 223 g/mol. The quantitative estimate of drug-likeness (QED) is 0.854. The first-order valence-electron chi connectivity index (χ1n) is 5.56. The van der Waals surface area contributed by atoms with E-state index in [4.69, 9.17) is 0 Å². The molecule has 1 heterocycles. The lowest BCUT2D eigenvalue weighted by Crippen LogP contribution is -1.96. The second-order valence-electron chi connectivity index (χ2n) is 4.13. The van der Waals surface area contributed by atoms with Crippen LogP contribution in [-0.4, -0.2) is 15.3 Å². The molecular formula is C12H17NOS. The second kappa shape index (κ2) is 4.99. The molecule has 0 radical (unpaired) electrons. The van der Waals surface area contributed by atoms with Crippen LogP contribution >= 0.6 is 11.8 Å². The Morgan fingerprint density at radius 2 is 2.13 bits per heavy atom. The van der Waals surface area contributed by atoms with Gasteiger partial charge in [0, 0.05) is 11.4 Å². The van der Waals surface area contributed by atoms with Crippen LogP contribution in [0.25, 0.3) is 0 Å². The average molecular weight is 223 g/mol. The van der Waals surface area contributed by atoms with E-state index in [0.717, 1.165) is 15.8 Å². The standard InChI is InChI=1S/C12H17NOS/c1-9(14)10-6-7-12(13-8-10)15-11-4-2-3-5-11/h6-9,11,14H,2-5H2,1H3/t9-/m0/s1. The topological polar surface area (TPSA) is 33.1 Å². The van der Waals surface area contributed by atoms with Crippen LogP contribution in [0, 0.1) is 0 Å². The van der Waals surface area contributed by atoms with Crippen LogP contribution in [-0.2, 0) is 0 Å². The van der Waals surface area contributed by atoms with Crippen LogP contribution in [0.2, 0.25) is 0 Å². The lowest BCUT2D eigenvalue weighted by Gasteiger charge is -2.09. The van der Waals surface area contributed by atoms with Crippen molar-refractivity contribution in [3.05, 3.63) is 23.9 Å². The van der Waals surface area contributed by atoms with Crippen molar-refractivity contribution >= 4 is 11.8 Å². The van der Waals surface area contributed by atoms with Gasteiger partial charge in [-0.05, 0) is 31.4 Å². The van der Waals surface area contributed by atoms with Gasteiger partial charge in [0.05, 0.1) is 11.1 Å². The predicted molar refractivity (Wildman–Crippen MR) is 63.0 cm³/mol. The van der Waals surface area contributed by atoms with Crippen molar-refractivity contribution in [1.82, 2.24) is 4.98 Å². The SMILES string of the molecule is C[C@H](O)c1ccc(SC2CCCC2)nc1. The van der Waals surface area contributed by atoms with Crippen LogP contribution < -0.4 is 0 Å². The van der Waals surface area contributed by atoms with Gasteiger partial charge in [-0.3, -0.25) is 0 Å². The average Bonchev–Trinajstić information content (AvgIpc) is 2.71. The van der Waals surface area contributed by atoms with Crippen molar-refractivity contribution in [2.24, 2.45) is 0 Å². The van der Waals surface area contributed by atoms with E-state index in [9.17, 15) is 5.11 Å². The maximum Gasteiger partial charge on any atom is 0.0962 e. The van der Waals surface area contributed by atoms with Crippen LogP contribution in [0.4, 0.5) is 0 Å². The fourth-order valence-electron chi connectivity index (χ4n) is 1.89. The van der Waals surface area contributed by atoms with Crippen LogP contribution in [0.1, 0.15) is 44.3 Å². The van der Waals surface area contributed by atoms with E-state index in [1.807, 2.05) is 23.9 Å². The summed E-state index contributed by atoms with van der Waals surface area (Å²) in [5, 5.41) is 11.2. The molecule has 1 atom stereocenters. The molecular weight excluding hydrogens is 206 g/mol. The number of thioether (sulfide) groups is 1. The van der Waals surface area contributed by atoms with Crippen molar-refractivity contribution < 1.29 is 5.11 Å². The van der Waals surface area contributed by atoms with Gasteiger partial charge >= 0.3 is 0 Å². The molecule has 0 saturated heterocycles. The molecule has 1 aromatic heterocycles. The molecule has 1 N–H and O–H groups in total. The molecule has 3 heteroatoms. The maximum absolute atomic E-state index is 9.35. The largest absolute Gasteiger partial charge is 0.389 e. The zero-order valence-corrected chi connectivity index (χ0v) is 9.83. The second-order valence-corrected chi connectivity index (χ2v) is 5.45. The fraction of sp³-hybridized carbons (Fsp3) is 0.583. The van der Waals surface area contributed by atoms with Crippen molar-refractivity contribution in [3.8, 4) is 0 Å². The normalized spacial score (nSPS) is 19.3. The Hall–Kier alpha value is -0.540. The molecule has 1 fully saturated rings. The van der Waals surface area contributed by atoms with Gasteiger partial charge in [-0.15, -0.1) is 11.8 Å². The predicted octanol–water partition coefficient (Wildman–Crippen LogP) is 3.17. The molecule has 0 aliphatic heterocycles. The number of hydrogen-bond donors (Lipinski definition) is 1. The van der Waals surface area contributed by atoms with E-state index in [2.05, 4.69) is 4.98 Å². The van der Waals surface area contributed by atoms with Gasteiger partial charge < -0.3 is 5.11 Å². The third-order valence-electron chi connectivity index (χ3n) is 2.83. The molecule has 1 aromatic rings. The van der Waals surface area contributed by atoms with Gasteiger partial charge in [-0.2, -0.15) is 0 Å². The van der Waals surface area contributed by atoms with E-state index >= 15 is 0 Å². The zero-order valence-electron chi connectivity index (χ0n) is 9.02. The lowest BCUT2D eigenvalue weighted by molar-refractivity contribution is 0.198. The molecule has 82 valence electrons. The van der Waals surface area contributed by atoms with Gasteiger partial charge in [-0.1, -0.05) is 18.9 Å². The van der Waals surface area contributed by atoms with Crippen molar-refractivity contribution in [2.45, 2.75) is 49.0 Å². The van der Waals surface area contributed by atoms with Crippen molar-refractivity contribution in [3.63, 3.8) is 0 Å². The minimum atomic E-state index is -0.414. The Bertz CT molecular complexity index is 304. The molecule has 0 amide bonds. The van der Waals surface area contributed by atoms with E-state index in [-0.39, 0.29) is 0 Å². The van der Waals surface area contributed by atoms with Crippen LogP contribution in [0.15, 0.2) is 23.4 Å². The van der Waals surface area contributed by atoms with Gasteiger partial charge in [0.1, 0.15) is 0 Å². The molecule has 15 heavy (non-hydrogen) atoms. The highest BCUT2D eigenvalue weighted by Gasteiger charge is 2.16. The highest BCUT2D eigenvalue weighted by molar-refractivity contribution is 7.99. The maximum atomic E-state index is 9.35. The van der Waals surface area contributed by atoms with Crippen molar-refractivity contribution in [2.75, 3.05) is 0 Å². The summed E-state index contributed by atoms with van der Waals surface area (Å²) in [5.74, 6) is 0. The molecule has 1 saturated carbocycles. The lowest BCUT2D eigenvalue weighted by atomic mass is 10.2. The smallest absolute Gasteiger partial charge is 0.0962 e. The molecule has 1 aliphatic carbocycles. The zero-order chi connectivity index (χ0) is 10.7. The first-order chi connectivity index (χ1) is 7.25. The third kappa shape index (κ3) is 2.95. The van der Waals surface area contributed by atoms with Gasteiger partial charge in [0.25, 0.3) is 0 Å². The van der Waals surface area contributed by atoms with Gasteiger partial charge in [0.15, 0.2) is 0 Å². The summed E-state index contributed by atoms with van der Waals surface area (Å²) in [6.07, 6.45) is 6.74. The van der Waals surface area contributed by atoms with E-state index in [1.54, 1.807) is 13.1 Å². The minimum absolute atomic E-state index is 0.414. The Balaban J connectivity index is 1.97. The molecule has 0 spiro atoms. The Kier molecular flexibility index (Phi) is 3.65. The molecule has 0 bridgehead atoms. The van der Waals surface area contributed by atoms with Gasteiger partial charge in [-0.25, -0.2) is 4.98 Å². The molecule has 0 aromatic carbocycles. The summed E-state index contributed by atoms with van der Waals surface area (Å²) in [7, 11) is 0. The molecule has 0 unspecified atom stereocenters. The van der Waals surface area contributed by atoms with Crippen molar-refractivity contribution in [1.29, 1.82) is 0 Å². The van der Waals surface area contributed by atoms with Crippen LogP contribution in [0.3, 0.4) is 0 Å². The highest BCUT2D eigenvalue weighted by atomic mass is 32.2. The number of aromatic nitrogens is 1. The number of aliphatic hydroxyl groups is 1. The summed E-state index contributed by atoms with van der Waals surface area (Å²) in [6.45, 7) is 1.76. The number of rotatable bonds is 3. The minimum Gasteiger partial charge on any atom is -0.389 e. The van der Waals surface area contributed by atoms with Crippen LogP contribution in [0.5, 0.6) is 0 Å². The summed E-state index contributed by atoms with van der Waals surface area (Å²) >= 11 is 1.88. The summed E-state index contributed by atoms with van der Waals surface area (Å²) in [5.41, 5.74) is 0.894. The number of pyridine rings is 1. The van der Waals surface area contributed by atoms with E-state index in [1.165, 1.54) is 25.7 Å². The Morgan fingerprint density at radius 3 is 2.67 bits per heavy atom. The number of hydrogen-bond acceptors (Lipinski definition) is 3. The highest BCUT2D eigenvalue weighted by Crippen LogP contribution is 2.33. The van der Waals surface area contributed by atoms with Gasteiger partial charge in [0.2, 0.25) is 0 Å². The van der Waals surface area contributed by atoms with E-state index in [0.29, 0.717) is 0 Å².